The summed E-state index contributed by atoms with van der Waals surface area (Å²) < 4.78 is 0. The molecule has 0 heterocycles. The lowest BCUT2D eigenvalue weighted by molar-refractivity contribution is -0.385. The Bertz CT molecular complexity index is 637. The second-order valence-corrected chi connectivity index (χ2v) is 4.97. The number of hydrogen-bond acceptors (Lipinski definition) is 3. The van der Waals surface area contributed by atoms with Crippen molar-refractivity contribution in [2.24, 2.45) is 0 Å². The molecule has 0 aliphatic heterocycles. The van der Waals surface area contributed by atoms with E-state index in [2.05, 4.69) is 0 Å². The highest BCUT2D eigenvalue weighted by atomic mass is 16.6. The summed E-state index contributed by atoms with van der Waals surface area (Å²) in [6, 6.07) is 12.3. The third-order valence-electron chi connectivity index (χ3n) is 3.39. The number of nitrogens with zero attached hydrogens (tertiary/aromatic N) is 1. The summed E-state index contributed by atoms with van der Waals surface area (Å²) in [5.74, 6) is 0. The molecule has 0 radical (unpaired) electrons. The van der Waals surface area contributed by atoms with Crippen LogP contribution in [0.1, 0.15) is 28.4 Å². The van der Waals surface area contributed by atoms with Crippen LogP contribution in [-0.4, -0.2) is 10.0 Å². The maximum Gasteiger partial charge on any atom is 0.272 e. The number of rotatable bonds is 4. The lowest BCUT2D eigenvalue weighted by Gasteiger charge is -2.14. The number of nitro benzene ring substituents is 1. The molecule has 2 aromatic carbocycles. The van der Waals surface area contributed by atoms with E-state index in [9.17, 15) is 15.2 Å². The largest absolute Gasteiger partial charge is 0.388 e. The smallest absolute Gasteiger partial charge is 0.272 e. The molecule has 0 fully saturated rings. The average molecular weight is 271 g/mol. The number of aliphatic hydroxyl groups excluding tert-OH is 1. The summed E-state index contributed by atoms with van der Waals surface area (Å²) in [4.78, 5) is 10.6. The second kappa shape index (κ2) is 5.84. The molecule has 2 aromatic rings. The first-order chi connectivity index (χ1) is 9.49. The van der Waals surface area contributed by atoms with Gasteiger partial charge in [-0.2, -0.15) is 0 Å². The highest BCUT2D eigenvalue weighted by Gasteiger charge is 2.18. The molecule has 2 rings (SSSR count). The molecule has 1 atom stereocenters. The van der Waals surface area contributed by atoms with Crippen molar-refractivity contribution >= 4 is 5.69 Å². The van der Waals surface area contributed by atoms with Crippen LogP contribution in [0, 0.1) is 24.0 Å². The third kappa shape index (κ3) is 3.03. The predicted octanol–water partition coefficient (Wildman–Crippen LogP) is 3.49. The Kier molecular flexibility index (Phi) is 4.15. The molecule has 0 saturated carbocycles. The zero-order valence-electron chi connectivity index (χ0n) is 11.5. The summed E-state index contributed by atoms with van der Waals surface area (Å²) >= 11 is 0. The Morgan fingerprint density at radius 2 is 1.90 bits per heavy atom. The molecule has 4 nitrogen and oxygen atoms in total. The van der Waals surface area contributed by atoms with E-state index in [4.69, 9.17) is 0 Å². The number of nitro groups is 1. The Morgan fingerprint density at radius 1 is 1.20 bits per heavy atom. The van der Waals surface area contributed by atoms with Crippen LogP contribution < -0.4 is 0 Å². The topological polar surface area (TPSA) is 63.4 Å². The third-order valence-corrected chi connectivity index (χ3v) is 3.39. The maximum atomic E-state index is 11.0. The standard InChI is InChI=1S/C16H17NO3/c1-11-7-8-14(12(2)9-11)16(18)10-13-5-3-4-6-15(13)17(19)20/h3-9,16,18H,10H2,1-2H3. The highest BCUT2D eigenvalue weighted by Crippen LogP contribution is 2.26. The van der Waals surface area contributed by atoms with E-state index in [1.165, 1.54) is 6.07 Å². The fraction of sp³-hybridized carbons (Fsp3) is 0.250. The summed E-state index contributed by atoms with van der Waals surface area (Å²) in [5, 5.41) is 21.3. The van der Waals surface area contributed by atoms with Gasteiger partial charge in [0.05, 0.1) is 11.0 Å². The number of hydrogen-bond donors (Lipinski definition) is 1. The minimum absolute atomic E-state index is 0.0521. The number of benzene rings is 2. The monoisotopic (exact) mass is 271 g/mol. The van der Waals surface area contributed by atoms with Gasteiger partial charge in [0.1, 0.15) is 0 Å². The van der Waals surface area contributed by atoms with Crippen LogP contribution in [-0.2, 0) is 6.42 Å². The molecular weight excluding hydrogens is 254 g/mol. The first-order valence-electron chi connectivity index (χ1n) is 6.46. The molecule has 0 saturated heterocycles. The van der Waals surface area contributed by atoms with Gasteiger partial charge >= 0.3 is 0 Å². The van der Waals surface area contributed by atoms with Crippen molar-refractivity contribution in [3.63, 3.8) is 0 Å². The van der Waals surface area contributed by atoms with Crippen LogP contribution in [0.25, 0.3) is 0 Å². The van der Waals surface area contributed by atoms with E-state index < -0.39 is 11.0 Å². The minimum Gasteiger partial charge on any atom is -0.388 e. The quantitative estimate of drug-likeness (QED) is 0.684. The van der Waals surface area contributed by atoms with Gasteiger partial charge < -0.3 is 5.11 Å². The van der Waals surface area contributed by atoms with Crippen LogP contribution in [0.2, 0.25) is 0 Å². The lowest BCUT2D eigenvalue weighted by atomic mass is 9.96. The summed E-state index contributed by atoms with van der Waals surface area (Å²) in [5.41, 5.74) is 3.54. The number of aryl methyl sites for hydroxylation is 2. The van der Waals surface area contributed by atoms with Crippen molar-refractivity contribution < 1.29 is 10.0 Å². The molecule has 20 heavy (non-hydrogen) atoms. The van der Waals surface area contributed by atoms with Gasteiger partial charge in [-0.15, -0.1) is 0 Å². The van der Waals surface area contributed by atoms with Crippen LogP contribution in [0.15, 0.2) is 42.5 Å². The molecule has 104 valence electrons. The molecule has 0 aromatic heterocycles. The van der Waals surface area contributed by atoms with Gasteiger partial charge in [0.15, 0.2) is 0 Å². The van der Waals surface area contributed by atoms with Crippen molar-refractivity contribution in [2.75, 3.05) is 0 Å². The average Bonchev–Trinajstić information content (AvgIpc) is 2.38. The maximum absolute atomic E-state index is 11.0. The Balaban J connectivity index is 2.28. The van der Waals surface area contributed by atoms with Crippen LogP contribution >= 0.6 is 0 Å². The highest BCUT2D eigenvalue weighted by molar-refractivity contribution is 5.41. The Hall–Kier alpha value is -2.20. The Morgan fingerprint density at radius 3 is 2.55 bits per heavy atom. The Labute approximate surface area is 117 Å². The molecule has 0 aliphatic rings. The minimum atomic E-state index is -0.739. The van der Waals surface area contributed by atoms with Gasteiger partial charge in [-0.3, -0.25) is 10.1 Å². The first-order valence-corrected chi connectivity index (χ1v) is 6.46. The number of para-hydroxylation sites is 1. The summed E-state index contributed by atoms with van der Waals surface area (Å²) in [6.45, 7) is 3.93. The van der Waals surface area contributed by atoms with Gasteiger partial charge in [-0.1, -0.05) is 42.0 Å². The zero-order valence-corrected chi connectivity index (χ0v) is 11.5. The predicted molar refractivity (Wildman–Crippen MR) is 77.7 cm³/mol. The zero-order chi connectivity index (χ0) is 14.7. The normalized spacial score (nSPS) is 12.2. The molecule has 0 spiro atoms. The van der Waals surface area contributed by atoms with Crippen molar-refractivity contribution in [1.82, 2.24) is 0 Å². The molecule has 1 N–H and O–H groups in total. The molecule has 0 amide bonds. The summed E-state index contributed by atoms with van der Waals surface area (Å²) in [6.07, 6.45) is -0.502. The van der Waals surface area contributed by atoms with Crippen LogP contribution in [0.4, 0.5) is 5.69 Å². The van der Waals surface area contributed by atoms with Crippen molar-refractivity contribution in [3.05, 3.63) is 74.8 Å². The van der Waals surface area contributed by atoms with Crippen molar-refractivity contribution in [3.8, 4) is 0 Å². The van der Waals surface area contributed by atoms with Crippen molar-refractivity contribution in [1.29, 1.82) is 0 Å². The van der Waals surface area contributed by atoms with E-state index in [-0.39, 0.29) is 12.1 Å². The fourth-order valence-corrected chi connectivity index (χ4v) is 2.38. The van der Waals surface area contributed by atoms with E-state index in [1.54, 1.807) is 18.2 Å². The van der Waals surface area contributed by atoms with E-state index in [1.807, 2.05) is 32.0 Å². The van der Waals surface area contributed by atoms with Gasteiger partial charge in [-0.25, -0.2) is 0 Å². The van der Waals surface area contributed by atoms with E-state index in [0.717, 1.165) is 16.7 Å². The van der Waals surface area contributed by atoms with Crippen molar-refractivity contribution in [2.45, 2.75) is 26.4 Å². The van der Waals surface area contributed by atoms with Crippen LogP contribution in [0.5, 0.6) is 0 Å². The van der Waals surface area contributed by atoms with Gasteiger partial charge in [0.25, 0.3) is 5.69 Å². The number of aliphatic hydroxyl groups is 1. The van der Waals surface area contributed by atoms with Crippen LogP contribution in [0.3, 0.4) is 0 Å². The van der Waals surface area contributed by atoms with Gasteiger partial charge in [0, 0.05) is 18.1 Å². The van der Waals surface area contributed by atoms with Gasteiger partial charge in [-0.05, 0) is 25.0 Å². The molecule has 0 aliphatic carbocycles. The molecule has 1 unspecified atom stereocenters. The van der Waals surface area contributed by atoms with Gasteiger partial charge in [0.2, 0.25) is 0 Å². The fourth-order valence-electron chi connectivity index (χ4n) is 2.38. The lowest BCUT2D eigenvalue weighted by Crippen LogP contribution is -2.06. The molecule has 0 bridgehead atoms. The second-order valence-electron chi connectivity index (χ2n) is 4.97. The summed E-state index contributed by atoms with van der Waals surface area (Å²) in [7, 11) is 0. The SMILES string of the molecule is Cc1ccc(C(O)Cc2ccccc2[N+](=O)[O-])c(C)c1. The first kappa shape index (κ1) is 14.2. The molecule has 4 heteroatoms. The molecular formula is C16H17NO3. The van der Waals surface area contributed by atoms with E-state index >= 15 is 0 Å². The van der Waals surface area contributed by atoms with E-state index in [0.29, 0.717) is 5.56 Å².